The minimum atomic E-state index is 0.653. The van der Waals surface area contributed by atoms with E-state index >= 15 is 0 Å². The molecule has 0 N–H and O–H groups in total. The van der Waals surface area contributed by atoms with Gasteiger partial charge in [0.1, 0.15) is 0 Å². The van der Waals surface area contributed by atoms with E-state index in [4.69, 9.17) is 4.74 Å². The summed E-state index contributed by atoms with van der Waals surface area (Å²) < 4.78 is 6.99. The quantitative estimate of drug-likeness (QED) is 0.656. The van der Waals surface area contributed by atoms with E-state index in [0.717, 1.165) is 18.7 Å². The fourth-order valence-corrected chi connectivity index (χ4v) is 1.04. The maximum absolute atomic E-state index is 5.01. The third kappa shape index (κ3) is 2.05. The third-order valence-corrected chi connectivity index (χ3v) is 1.53. The van der Waals surface area contributed by atoms with Crippen LogP contribution in [0.1, 0.15) is 19.0 Å². The zero-order chi connectivity index (χ0) is 8.10. The lowest BCUT2D eigenvalue weighted by atomic mass is 10.4. The average Bonchev–Trinajstić information content (AvgIpc) is 2.39. The first-order chi connectivity index (χ1) is 5.38. The minimum Gasteiger partial charge on any atom is -0.378 e. The fraction of sp³-hybridized carbons (Fsp3) is 0.625. The first-order valence-electron chi connectivity index (χ1n) is 3.88. The highest BCUT2D eigenvalue weighted by atomic mass is 16.5. The number of hydrogen-bond donors (Lipinski definition) is 0. The molecule has 11 heavy (non-hydrogen) atoms. The molecule has 0 saturated carbocycles. The summed E-state index contributed by atoms with van der Waals surface area (Å²) in [6, 6.07) is 1.99. The van der Waals surface area contributed by atoms with Crippen LogP contribution in [0.2, 0.25) is 0 Å². The number of aromatic nitrogens is 2. The zero-order valence-electron chi connectivity index (χ0n) is 7.08. The average molecular weight is 154 g/mol. The summed E-state index contributed by atoms with van der Waals surface area (Å²) in [5, 5.41) is 4.16. The van der Waals surface area contributed by atoms with Gasteiger partial charge in [-0.05, 0) is 12.5 Å². The van der Waals surface area contributed by atoms with Crippen LogP contribution in [0.4, 0.5) is 0 Å². The van der Waals surface area contributed by atoms with Gasteiger partial charge < -0.3 is 4.74 Å². The van der Waals surface area contributed by atoms with Crippen molar-refractivity contribution in [2.75, 3.05) is 7.11 Å². The van der Waals surface area contributed by atoms with E-state index in [1.165, 1.54) is 0 Å². The van der Waals surface area contributed by atoms with Gasteiger partial charge in [0.15, 0.2) is 0 Å². The molecule has 0 aliphatic carbocycles. The maximum Gasteiger partial charge on any atom is 0.0880 e. The molecule has 0 fully saturated rings. The highest BCUT2D eigenvalue weighted by molar-refractivity contribution is 4.98. The summed E-state index contributed by atoms with van der Waals surface area (Å²) in [6.07, 6.45) is 2.92. The largest absolute Gasteiger partial charge is 0.378 e. The molecule has 0 amide bonds. The van der Waals surface area contributed by atoms with Gasteiger partial charge in [-0.15, -0.1) is 0 Å². The molecule has 62 valence electrons. The van der Waals surface area contributed by atoms with Gasteiger partial charge >= 0.3 is 0 Å². The van der Waals surface area contributed by atoms with Crippen molar-refractivity contribution >= 4 is 0 Å². The van der Waals surface area contributed by atoms with Crippen LogP contribution in [0.25, 0.3) is 0 Å². The summed E-state index contributed by atoms with van der Waals surface area (Å²) in [4.78, 5) is 0. The molecular weight excluding hydrogens is 140 g/mol. The van der Waals surface area contributed by atoms with Crippen molar-refractivity contribution < 1.29 is 4.74 Å². The molecule has 0 unspecified atom stereocenters. The Balaban J connectivity index is 2.62. The van der Waals surface area contributed by atoms with Gasteiger partial charge in [-0.2, -0.15) is 5.10 Å². The van der Waals surface area contributed by atoms with E-state index in [-0.39, 0.29) is 0 Å². The van der Waals surface area contributed by atoms with Gasteiger partial charge in [-0.1, -0.05) is 6.92 Å². The Bertz CT molecular complexity index is 187. The molecule has 1 heterocycles. The van der Waals surface area contributed by atoms with Crippen molar-refractivity contribution in [3.8, 4) is 0 Å². The zero-order valence-corrected chi connectivity index (χ0v) is 7.08. The summed E-state index contributed by atoms with van der Waals surface area (Å²) >= 11 is 0. The molecule has 1 aromatic rings. The second kappa shape index (κ2) is 4.13. The van der Waals surface area contributed by atoms with Crippen molar-refractivity contribution in [2.24, 2.45) is 0 Å². The van der Waals surface area contributed by atoms with Crippen LogP contribution < -0.4 is 0 Å². The number of methoxy groups -OCH3 is 1. The van der Waals surface area contributed by atoms with Crippen LogP contribution in [0, 0.1) is 0 Å². The molecule has 0 aliphatic rings. The molecule has 3 heteroatoms. The Morgan fingerprint density at radius 1 is 1.64 bits per heavy atom. The normalized spacial score (nSPS) is 10.4. The molecule has 0 aliphatic heterocycles. The van der Waals surface area contributed by atoms with Crippen molar-refractivity contribution in [3.63, 3.8) is 0 Å². The van der Waals surface area contributed by atoms with Crippen molar-refractivity contribution in [2.45, 2.75) is 26.5 Å². The van der Waals surface area contributed by atoms with Crippen LogP contribution in [0.3, 0.4) is 0 Å². The van der Waals surface area contributed by atoms with Crippen molar-refractivity contribution in [3.05, 3.63) is 18.0 Å². The molecule has 0 bridgehead atoms. The first kappa shape index (κ1) is 8.27. The molecule has 0 aromatic carbocycles. The lowest BCUT2D eigenvalue weighted by Crippen LogP contribution is -2.04. The Morgan fingerprint density at radius 2 is 2.45 bits per heavy atom. The lowest BCUT2D eigenvalue weighted by Gasteiger charge is -2.03. The van der Waals surface area contributed by atoms with E-state index in [0.29, 0.717) is 6.61 Å². The molecule has 0 saturated heterocycles. The number of rotatable bonds is 4. The van der Waals surface area contributed by atoms with E-state index < -0.39 is 0 Å². The highest BCUT2D eigenvalue weighted by Gasteiger charge is 1.98. The number of hydrogen-bond acceptors (Lipinski definition) is 2. The number of ether oxygens (including phenoxy) is 1. The van der Waals surface area contributed by atoms with Gasteiger partial charge in [0, 0.05) is 19.9 Å². The number of nitrogens with zero attached hydrogens (tertiary/aromatic N) is 2. The van der Waals surface area contributed by atoms with Crippen molar-refractivity contribution in [1.29, 1.82) is 0 Å². The molecule has 0 radical (unpaired) electrons. The summed E-state index contributed by atoms with van der Waals surface area (Å²) in [5.41, 5.74) is 1.15. The Morgan fingerprint density at radius 3 is 3.09 bits per heavy atom. The standard InChI is InChI=1S/C8H14N2O/c1-3-6-10-8(7-11-2)4-5-9-10/h4-5H,3,6-7H2,1-2H3. The third-order valence-electron chi connectivity index (χ3n) is 1.53. The molecular formula is C8H14N2O. The highest BCUT2D eigenvalue weighted by Crippen LogP contribution is 2.00. The van der Waals surface area contributed by atoms with Crippen LogP contribution in [0.15, 0.2) is 12.3 Å². The maximum atomic E-state index is 5.01. The van der Waals surface area contributed by atoms with Gasteiger partial charge in [0.05, 0.1) is 12.3 Å². The van der Waals surface area contributed by atoms with E-state index in [1.54, 1.807) is 7.11 Å². The van der Waals surface area contributed by atoms with Gasteiger partial charge in [0.2, 0.25) is 0 Å². The second-order valence-corrected chi connectivity index (χ2v) is 2.48. The smallest absolute Gasteiger partial charge is 0.0880 e. The predicted octanol–water partition coefficient (Wildman–Crippen LogP) is 1.44. The van der Waals surface area contributed by atoms with E-state index in [1.807, 2.05) is 16.9 Å². The van der Waals surface area contributed by atoms with E-state index in [9.17, 15) is 0 Å². The lowest BCUT2D eigenvalue weighted by molar-refractivity contribution is 0.176. The van der Waals surface area contributed by atoms with Gasteiger partial charge in [-0.25, -0.2) is 0 Å². The van der Waals surface area contributed by atoms with Crippen LogP contribution in [-0.2, 0) is 17.9 Å². The Kier molecular flexibility index (Phi) is 3.11. The van der Waals surface area contributed by atoms with Crippen LogP contribution >= 0.6 is 0 Å². The summed E-state index contributed by atoms with van der Waals surface area (Å²) in [6.45, 7) is 3.77. The summed E-state index contributed by atoms with van der Waals surface area (Å²) in [7, 11) is 1.70. The molecule has 0 spiro atoms. The van der Waals surface area contributed by atoms with Crippen LogP contribution in [0.5, 0.6) is 0 Å². The topological polar surface area (TPSA) is 27.1 Å². The summed E-state index contributed by atoms with van der Waals surface area (Å²) in [5.74, 6) is 0. The SMILES string of the molecule is CCCn1nccc1COC. The molecule has 3 nitrogen and oxygen atoms in total. The Labute approximate surface area is 67.0 Å². The molecule has 1 rings (SSSR count). The van der Waals surface area contributed by atoms with Gasteiger partial charge in [-0.3, -0.25) is 4.68 Å². The monoisotopic (exact) mass is 154 g/mol. The second-order valence-electron chi connectivity index (χ2n) is 2.48. The predicted molar refractivity (Wildman–Crippen MR) is 43.2 cm³/mol. The number of aryl methyl sites for hydroxylation is 1. The molecule has 0 atom stereocenters. The minimum absolute atomic E-state index is 0.653. The molecule has 1 aromatic heterocycles. The van der Waals surface area contributed by atoms with Crippen molar-refractivity contribution in [1.82, 2.24) is 9.78 Å². The first-order valence-corrected chi connectivity index (χ1v) is 3.88. The fourth-order valence-electron chi connectivity index (χ4n) is 1.04. The Hall–Kier alpha value is -0.830. The van der Waals surface area contributed by atoms with Crippen LogP contribution in [-0.4, -0.2) is 16.9 Å². The van der Waals surface area contributed by atoms with Gasteiger partial charge in [0.25, 0.3) is 0 Å². The van der Waals surface area contributed by atoms with E-state index in [2.05, 4.69) is 12.0 Å².